The number of likely N-dealkylation sites (tertiary alicyclic amines) is 1. The minimum absolute atomic E-state index is 0.0591. The third-order valence-electron chi connectivity index (χ3n) is 6.57. The first kappa shape index (κ1) is 16.9. The van der Waals surface area contributed by atoms with E-state index in [-0.39, 0.29) is 11.8 Å². The van der Waals surface area contributed by atoms with Crippen LogP contribution in [0.4, 0.5) is 0 Å². The van der Waals surface area contributed by atoms with Crippen LogP contribution < -0.4 is 4.74 Å². The van der Waals surface area contributed by atoms with Crippen molar-refractivity contribution in [1.29, 1.82) is 0 Å². The minimum atomic E-state index is -0.611. The van der Waals surface area contributed by atoms with Crippen molar-refractivity contribution < 1.29 is 14.6 Å². The van der Waals surface area contributed by atoms with Crippen molar-refractivity contribution in [3.05, 3.63) is 29.8 Å². The smallest absolute Gasteiger partial charge is 0.225 e. The van der Waals surface area contributed by atoms with Crippen LogP contribution in [0.3, 0.4) is 0 Å². The number of nitrogens with zero attached hydrogens (tertiary/aromatic N) is 1. The molecule has 3 fully saturated rings. The average molecular weight is 343 g/mol. The number of ether oxygens (including phenoxy) is 1. The van der Waals surface area contributed by atoms with E-state index in [2.05, 4.69) is 12.1 Å². The van der Waals surface area contributed by atoms with Crippen molar-refractivity contribution in [1.82, 2.24) is 4.90 Å². The largest absolute Gasteiger partial charge is 0.497 e. The Hall–Kier alpha value is -1.55. The second kappa shape index (κ2) is 6.01. The summed E-state index contributed by atoms with van der Waals surface area (Å²) < 4.78 is 5.23. The predicted molar refractivity (Wildman–Crippen MR) is 96.4 cm³/mol. The van der Waals surface area contributed by atoms with Gasteiger partial charge in [0.1, 0.15) is 5.75 Å². The molecule has 3 aliphatic rings. The molecular weight excluding hydrogens is 314 g/mol. The summed E-state index contributed by atoms with van der Waals surface area (Å²) in [5.41, 5.74) is 1.14. The minimum Gasteiger partial charge on any atom is -0.497 e. The molecule has 1 aromatic carbocycles. The van der Waals surface area contributed by atoms with Crippen molar-refractivity contribution >= 4 is 5.91 Å². The first-order chi connectivity index (χ1) is 11.9. The number of rotatable bonds is 4. The molecule has 2 aliphatic carbocycles. The molecule has 0 bridgehead atoms. The summed E-state index contributed by atoms with van der Waals surface area (Å²) in [5.74, 6) is 1.98. The zero-order chi connectivity index (χ0) is 17.7. The van der Waals surface area contributed by atoms with E-state index in [0.29, 0.717) is 18.3 Å². The van der Waals surface area contributed by atoms with Crippen LogP contribution in [0, 0.1) is 17.3 Å². The maximum Gasteiger partial charge on any atom is 0.225 e. The Labute approximate surface area is 150 Å². The molecule has 4 heteroatoms. The van der Waals surface area contributed by atoms with Crippen LogP contribution in [0.15, 0.2) is 24.3 Å². The Balaban J connectivity index is 1.26. The zero-order valence-electron chi connectivity index (χ0n) is 15.3. The molecule has 1 spiro atoms. The van der Waals surface area contributed by atoms with E-state index >= 15 is 0 Å². The molecule has 1 saturated heterocycles. The molecule has 0 aromatic heterocycles. The molecule has 1 N–H and O–H groups in total. The predicted octanol–water partition coefficient (Wildman–Crippen LogP) is 3.03. The molecule has 1 unspecified atom stereocenters. The number of benzene rings is 1. The summed E-state index contributed by atoms with van der Waals surface area (Å²) in [6.45, 7) is 3.70. The molecule has 1 heterocycles. The third-order valence-corrected chi connectivity index (χ3v) is 6.57. The monoisotopic (exact) mass is 343 g/mol. The first-order valence-electron chi connectivity index (χ1n) is 9.52. The molecule has 0 radical (unpaired) electrons. The molecule has 4 rings (SSSR count). The lowest BCUT2D eigenvalue weighted by Crippen LogP contribution is -2.61. The summed E-state index contributed by atoms with van der Waals surface area (Å²) in [4.78, 5) is 14.5. The van der Waals surface area contributed by atoms with E-state index in [9.17, 15) is 9.90 Å². The fourth-order valence-corrected chi connectivity index (χ4v) is 5.24. The van der Waals surface area contributed by atoms with Crippen molar-refractivity contribution in [2.45, 2.75) is 51.0 Å². The fraction of sp³-hybridized carbons (Fsp3) is 0.667. The second-order valence-electron chi connectivity index (χ2n) is 8.96. The van der Waals surface area contributed by atoms with Crippen LogP contribution in [0.2, 0.25) is 0 Å². The molecule has 1 atom stereocenters. The molecule has 4 nitrogen and oxygen atoms in total. The molecule has 136 valence electrons. The van der Waals surface area contributed by atoms with Gasteiger partial charge in [-0.05, 0) is 69.1 Å². The van der Waals surface area contributed by atoms with Gasteiger partial charge in [-0.15, -0.1) is 0 Å². The molecule has 2 saturated carbocycles. The summed E-state index contributed by atoms with van der Waals surface area (Å²) in [7, 11) is 1.70. The van der Waals surface area contributed by atoms with E-state index in [1.807, 2.05) is 24.0 Å². The highest BCUT2D eigenvalue weighted by Crippen LogP contribution is 2.50. The van der Waals surface area contributed by atoms with Crippen LogP contribution in [-0.2, 0) is 11.2 Å². The van der Waals surface area contributed by atoms with Crippen molar-refractivity contribution in [3.8, 4) is 5.75 Å². The normalized spacial score (nSPS) is 33.0. The second-order valence-corrected chi connectivity index (χ2v) is 8.96. The molecule has 1 amide bonds. The standard InChI is InChI=1S/C21H29NO3/c1-20(24)11-17(12-20)19(23)22-13-21(14-22)8-7-16(10-21)9-15-3-5-18(25-2)6-4-15/h3-6,16-17,24H,7-14H2,1-2H3. The van der Waals surface area contributed by atoms with E-state index in [1.165, 1.54) is 24.8 Å². The lowest BCUT2D eigenvalue weighted by Gasteiger charge is -2.52. The van der Waals surface area contributed by atoms with E-state index in [1.54, 1.807) is 7.11 Å². The highest BCUT2D eigenvalue weighted by molar-refractivity contribution is 5.81. The molecule has 1 aromatic rings. The Morgan fingerprint density at radius 2 is 1.92 bits per heavy atom. The van der Waals surface area contributed by atoms with Crippen LogP contribution in [0.1, 0.15) is 44.6 Å². The number of amides is 1. The van der Waals surface area contributed by atoms with Gasteiger partial charge in [0, 0.05) is 24.4 Å². The van der Waals surface area contributed by atoms with Gasteiger partial charge < -0.3 is 14.7 Å². The number of hydrogen-bond acceptors (Lipinski definition) is 3. The molecule has 25 heavy (non-hydrogen) atoms. The summed E-state index contributed by atoms with van der Waals surface area (Å²) in [6.07, 6.45) is 6.16. The third kappa shape index (κ3) is 3.29. The number of methoxy groups -OCH3 is 1. The number of hydrogen-bond donors (Lipinski definition) is 1. The van der Waals surface area contributed by atoms with E-state index < -0.39 is 5.60 Å². The van der Waals surface area contributed by atoms with Crippen LogP contribution in [0.25, 0.3) is 0 Å². The molecular formula is C21H29NO3. The maximum atomic E-state index is 12.5. The lowest BCUT2D eigenvalue weighted by atomic mass is 9.69. The highest BCUT2D eigenvalue weighted by atomic mass is 16.5. The van der Waals surface area contributed by atoms with Gasteiger partial charge in [-0.1, -0.05) is 12.1 Å². The van der Waals surface area contributed by atoms with Gasteiger partial charge in [0.25, 0.3) is 0 Å². The quantitative estimate of drug-likeness (QED) is 0.914. The van der Waals surface area contributed by atoms with Gasteiger partial charge in [-0.3, -0.25) is 4.79 Å². The Morgan fingerprint density at radius 3 is 2.52 bits per heavy atom. The van der Waals surface area contributed by atoms with Crippen molar-refractivity contribution in [2.24, 2.45) is 17.3 Å². The Kier molecular flexibility index (Phi) is 4.06. The highest BCUT2D eigenvalue weighted by Gasteiger charge is 2.52. The fourth-order valence-electron chi connectivity index (χ4n) is 5.24. The van der Waals surface area contributed by atoms with Crippen molar-refractivity contribution in [2.75, 3.05) is 20.2 Å². The number of carbonyl (C=O) groups is 1. The lowest BCUT2D eigenvalue weighted by molar-refractivity contribution is -0.161. The van der Waals surface area contributed by atoms with Gasteiger partial charge >= 0.3 is 0 Å². The SMILES string of the molecule is COc1ccc(CC2CCC3(C2)CN(C(=O)C2CC(C)(O)C2)C3)cc1. The Morgan fingerprint density at radius 1 is 1.24 bits per heavy atom. The Bertz CT molecular complexity index is 638. The van der Waals surface area contributed by atoms with Gasteiger partial charge in [0.2, 0.25) is 5.91 Å². The van der Waals surface area contributed by atoms with Gasteiger partial charge in [0.05, 0.1) is 12.7 Å². The van der Waals surface area contributed by atoms with Crippen LogP contribution in [0.5, 0.6) is 5.75 Å². The van der Waals surface area contributed by atoms with E-state index in [4.69, 9.17) is 4.74 Å². The topological polar surface area (TPSA) is 49.8 Å². The zero-order valence-corrected chi connectivity index (χ0v) is 15.3. The summed E-state index contributed by atoms with van der Waals surface area (Å²) >= 11 is 0. The van der Waals surface area contributed by atoms with E-state index in [0.717, 1.165) is 31.2 Å². The summed E-state index contributed by atoms with van der Waals surface area (Å²) in [6, 6.07) is 8.42. The number of aliphatic hydroxyl groups is 1. The van der Waals surface area contributed by atoms with Crippen LogP contribution >= 0.6 is 0 Å². The van der Waals surface area contributed by atoms with Gasteiger partial charge in [-0.25, -0.2) is 0 Å². The average Bonchev–Trinajstić information content (AvgIpc) is 2.95. The van der Waals surface area contributed by atoms with Crippen molar-refractivity contribution in [3.63, 3.8) is 0 Å². The molecule has 1 aliphatic heterocycles. The first-order valence-corrected chi connectivity index (χ1v) is 9.52. The van der Waals surface area contributed by atoms with Crippen LogP contribution in [-0.4, -0.2) is 41.7 Å². The summed E-state index contributed by atoms with van der Waals surface area (Å²) in [5, 5.41) is 9.84. The maximum absolute atomic E-state index is 12.5. The number of carbonyl (C=O) groups excluding carboxylic acids is 1. The van der Waals surface area contributed by atoms with Gasteiger partial charge in [0.15, 0.2) is 0 Å². The van der Waals surface area contributed by atoms with Gasteiger partial charge in [-0.2, -0.15) is 0 Å².